The molecule has 116 valence electrons. The summed E-state index contributed by atoms with van der Waals surface area (Å²) in [7, 11) is 0. The van der Waals surface area contributed by atoms with Crippen LogP contribution in [0.5, 0.6) is 0 Å². The Balaban J connectivity index is 2.79. The van der Waals surface area contributed by atoms with E-state index in [9.17, 15) is 14.7 Å². The smallest absolute Gasteiger partial charge is 0.311 e. The molecule has 0 bridgehead atoms. The van der Waals surface area contributed by atoms with Crippen LogP contribution in [0.4, 0.5) is 0 Å². The summed E-state index contributed by atoms with van der Waals surface area (Å²) >= 11 is 0. The number of carboxylic acid groups (broad SMARTS) is 1. The molecular weight excluding hydrogens is 254 g/mol. The van der Waals surface area contributed by atoms with Gasteiger partial charge in [-0.25, -0.2) is 0 Å². The van der Waals surface area contributed by atoms with E-state index < -0.39 is 11.4 Å². The second-order valence-corrected chi connectivity index (χ2v) is 6.40. The molecule has 0 aromatic heterocycles. The molecule has 0 saturated carbocycles. The third kappa shape index (κ3) is 3.33. The molecule has 1 atom stereocenters. The van der Waals surface area contributed by atoms with Crippen molar-refractivity contribution in [3.8, 4) is 0 Å². The van der Waals surface area contributed by atoms with Gasteiger partial charge in [-0.3, -0.25) is 9.59 Å². The van der Waals surface area contributed by atoms with Gasteiger partial charge in [0.25, 0.3) is 0 Å². The van der Waals surface area contributed by atoms with E-state index in [4.69, 9.17) is 0 Å². The summed E-state index contributed by atoms with van der Waals surface area (Å²) in [5.41, 5.74) is -0.751. The number of hydrogen-bond donors (Lipinski definition) is 1. The van der Waals surface area contributed by atoms with Gasteiger partial charge in [0.1, 0.15) is 0 Å². The van der Waals surface area contributed by atoms with Crippen LogP contribution in [0.15, 0.2) is 0 Å². The average molecular weight is 283 g/mol. The van der Waals surface area contributed by atoms with Crippen LogP contribution >= 0.6 is 0 Å². The largest absolute Gasteiger partial charge is 0.481 e. The van der Waals surface area contributed by atoms with Gasteiger partial charge in [-0.1, -0.05) is 40.5 Å². The molecule has 0 spiro atoms. The van der Waals surface area contributed by atoms with Crippen molar-refractivity contribution in [2.45, 2.75) is 59.8 Å². The summed E-state index contributed by atoms with van der Waals surface area (Å²) in [5, 5.41) is 9.54. The minimum Gasteiger partial charge on any atom is -0.481 e. The molecule has 0 aromatic carbocycles. The number of carbonyl (C=O) groups excluding carboxylic acids is 1. The molecule has 1 aliphatic heterocycles. The van der Waals surface area contributed by atoms with Crippen molar-refractivity contribution in [3.05, 3.63) is 0 Å². The van der Waals surface area contributed by atoms with E-state index in [1.165, 1.54) is 0 Å². The van der Waals surface area contributed by atoms with Crippen molar-refractivity contribution < 1.29 is 14.7 Å². The lowest BCUT2D eigenvalue weighted by Gasteiger charge is -2.29. The second-order valence-electron chi connectivity index (χ2n) is 6.40. The number of carbonyl (C=O) groups is 2. The maximum atomic E-state index is 12.6. The van der Waals surface area contributed by atoms with Crippen molar-refractivity contribution >= 4 is 11.9 Å². The van der Waals surface area contributed by atoms with Gasteiger partial charge in [0.05, 0.1) is 5.41 Å². The van der Waals surface area contributed by atoms with Crippen molar-refractivity contribution in [2.75, 3.05) is 13.1 Å². The van der Waals surface area contributed by atoms with Crippen LogP contribution in [0.25, 0.3) is 0 Å². The topological polar surface area (TPSA) is 57.6 Å². The first kappa shape index (κ1) is 17.0. The van der Waals surface area contributed by atoms with E-state index >= 15 is 0 Å². The van der Waals surface area contributed by atoms with Crippen molar-refractivity contribution in [2.24, 2.45) is 17.3 Å². The molecule has 1 fully saturated rings. The van der Waals surface area contributed by atoms with E-state index in [0.717, 1.165) is 25.7 Å². The van der Waals surface area contributed by atoms with Gasteiger partial charge in [0, 0.05) is 19.0 Å². The monoisotopic (exact) mass is 283 g/mol. The highest BCUT2D eigenvalue weighted by molar-refractivity contribution is 5.82. The highest BCUT2D eigenvalue weighted by Gasteiger charge is 2.48. The quantitative estimate of drug-likeness (QED) is 0.780. The number of nitrogens with zero attached hydrogens (tertiary/aromatic N) is 1. The molecule has 1 N–H and O–H groups in total. The molecule has 20 heavy (non-hydrogen) atoms. The van der Waals surface area contributed by atoms with Crippen LogP contribution < -0.4 is 0 Å². The maximum Gasteiger partial charge on any atom is 0.311 e. The molecule has 1 heterocycles. The Kier molecular flexibility index (Phi) is 6.03. The van der Waals surface area contributed by atoms with Crippen LogP contribution in [-0.4, -0.2) is 35.0 Å². The van der Waals surface area contributed by atoms with E-state index in [2.05, 4.69) is 13.8 Å². The molecule has 4 nitrogen and oxygen atoms in total. The van der Waals surface area contributed by atoms with Crippen molar-refractivity contribution in [1.29, 1.82) is 0 Å². The van der Waals surface area contributed by atoms with Crippen LogP contribution in [0.2, 0.25) is 0 Å². The fourth-order valence-electron chi connectivity index (χ4n) is 3.26. The fraction of sp³-hybridized carbons (Fsp3) is 0.875. The van der Waals surface area contributed by atoms with Gasteiger partial charge in [-0.2, -0.15) is 0 Å². The Labute approximate surface area is 122 Å². The Bertz CT molecular complexity index is 348. The summed E-state index contributed by atoms with van der Waals surface area (Å²) in [5.74, 6) is -0.474. The Morgan fingerprint density at radius 2 is 1.75 bits per heavy atom. The van der Waals surface area contributed by atoms with Gasteiger partial charge in [0.15, 0.2) is 0 Å². The summed E-state index contributed by atoms with van der Waals surface area (Å²) in [6, 6.07) is 0. The van der Waals surface area contributed by atoms with E-state index in [1.54, 1.807) is 4.90 Å². The van der Waals surface area contributed by atoms with Crippen LogP contribution in [-0.2, 0) is 9.59 Å². The molecule has 4 heteroatoms. The number of hydrogen-bond acceptors (Lipinski definition) is 2. The molecule has 0 radical (unpaired) electrons. The zero-order chi connectivity index (χ0) is 15.3. The number of carboxylic acids is 1. The minimum absolute atomic E-state index is 0.0496. The number of amides is 1. The standard InChI is InChI=1S/C16H29NO3/c1-5-7-13(8-6-2)14(18)17-10-9-16(11-17,12(3)4)15(19)20/h12-13H,5-11H2,1-4H3,(H,19,20). The molecule has 1 aliphatic rings. The zero-order valence-corrected chi connectivity index (χ0v) is 13.3. The third-order valence-corrected chi connectivity index (χ3v) is 4.77. The maximum absolute atomic E-state index is 12.6. The highest BCUT2D eigenvalue weighted by atomic mass is 16.4. The van der Waals surface area contributed by atoms with Gasteiger partial charge in [0.2, 0.25) is 5.91 Å². The van der Waals surface area contributed by atoms with E-state index in [0.29, 0.717) is 19.5 Å². The summed E-state index contributed by atoms with van der Waals surface area (Å²) < 4.78 is 0. The number of rotatable bonds is 7. The van der Waals surface area contributed by atoms with Crippen LogP contribution in [0.3, 0.4) is 0 Å². The van der Waals surface area contributed by atoms with Gasteiger partial charge in [-0.05, 0) is 25.2 Å². The van der Waals surface area contributed by atoms with Crippen LogP contribution in [0, 0.1) is 17.3 Å². The lowest BCUT2D eigenvalue weighted by molar-refractivity contribution is -0.151. The van der Waals surface area contributed by atoms with E-state index in [-0.39, 0.29) is 17.7 Å². The molecule has 1 unspecified atom stereocenters. The minimum atomic E-state index is -0.759. The molecule has 1 amide bonds. The van der Waals surface area contributed by atoms with Gasteiger partial charge in [-0.15, -0.1) is 0 Å². The zero-order valence-electron chi connectivity index (χ0n) is 13.3. The Morgan fingerprint density at radius 3 is 2.10 bits per heavy atom. The highest BCUT2D eigenvalue weighted by Crippen LogP contribution is 2.39. The van der Waals surface area contributed by atoms with Gasteiger partial charge < -0.3 is 10.0 Å². The first-order valence-corrected chi connectivity index (χ1v) is 7.91. The lowest BCUT2D eigenvalue weighted by Crippen LogP contribution is -2.42. The Hall–Kier alpha value is -1.06. The molecular formula is C16H29NO3. The van der Waals surface area contributed by atoms with Crippen LogP contribution in [0.1, 0.15) is 59.8 Å². The first-order chi connectivity index (χ1) is 9.39. The summed E-state index contributed by atoms with van der Waals surface area (Å²) in [4.78, 5) is 26.0. The predicted molar refractivity (Wildman–Crippen MR) is 79.4 cm³/mol. The molecule has 1 saturated heterocycles. The Morgan fingerprint density at radius 1 is 1.20 bits per heavy atom. The molecule has 0 aliphatic carbocycles. The third-order valence-electron chi connectivity index (χ3n) is 4.77. The SMILES string of the molecule is CCCC(CCC)C(=O)N1CCC(C(=O)O)(C(C)C)C1. The first-order valence-electron chi connectivity index (χ1n) is 7.91. The summed E-state index contributed by atoms with van der Waals surface area (Å²) in [6.07, 6.45) is 4.39. The van der Waals surface area contributed by atoms with Gasteiger partial charge >= 0.3 is 5.97 Å². The normalized spacial score (nSPS) is 22.8. The van der Waals surface area contributed by atoms with Crippen molar-refractivity contribution in [3.63, 3.8) is 0 Å². The average Bonchev–Trinajstić information content (AvgIpc) is 2.84. The lowest BCUT2D eigenvalue weighted by atomic mass is 9.76. The molecule has 0 aromatic rings. The second kappa shape index (κ2) is 7.09. The number of aliphatic carboxylic acids is 1. The predicted octanol–water partition coefficient (Wildman–Crippen LogP) is 3.16. The molecule has 1 rings (SSSR count). The van der Waals surface area contributed by atoms with E-state index in [1.807, 2.05) is 13.8 Å². The fourth-order valence-corrected chi connectivity index (χ4v) is 3.26. The number of likely N-dealkylation sites (tertiary alicyclic amines) is 1. The van der Waals surface area contributed by atoms with Crippen molar-refractivity contribution in [1.82, 2.24) is 4.90 Å². The summed E-state index contributed by atoms with van der Waals surface area (Å²) in [6.45, 7) is 9.04.